The molecule has 2 aliphatic carbocycles. The second kappa shape index (κ2) is 4.02. The molecule has 0 aliphatic heterocycles. The Hall–Kier alpha value is -1.96. The highest BCUT2D eigenvalue weighted by Gasteiger charge is 2.27. The maximum absolute atomic E-state index is 11.7. The molecule has 0 radical (unpaired) electrons. The van der Waals surface area contributed by atoms with Crippen LogP contribution in [0.25, 0.3) is 0 Å². The molecule has 1 aromatic carbocycles. The van der Waals surface area contributed by atoms with Gasteiger partial charge in [-0.2, -0.15) is 0 Å². The van der Waals surface area contributed by atoms with Gasteiger partial charge in [0.05, 0.1) is 5.69 Å². The first-order chi connectivity index (χ1) is 9.33. The van der Waals surface area contributed by atoms with E-state index in [0.29, 0.717) is 18.1 Å². The average molecular weight is 249 g/mol. The molecule has 1 unspecified atom stereocenters. The van der Waals surface area contributed by atoms with E-state index < -0.39 is 0 Å². The molecule has 19 heavy (non-hydrogen) atoms. The number of hydrogen-bond donors (Lipinski definition) is 0. The molecule has 0 fully saturated rings. The van der Waals surface area contributed by atoms with Crippen molar-refractivity contribution >= 4 is 5.78 Å². The number of carbonyl (C=O) groups excluding carboxylic acids is 1. The zero-order valence-corrected chi connectivity index (χ0v) is 10.7. The minimum atomic E-state index is 0.298. The van der Waals surface area contributed by atoms with Gasteiger partial charge in [-0.05, 0) is 42.0 Å². The molecule has 0 bridgehead atoms. The zero-order chi connectivity index (χ0) is 12.8. The molecule has 1 atom stereocenters. The van der Waals surface area contributed by atoms with Gasteiger partial charge in [0.25, 0.3) is 0 Å². The molecular weight excluding hydrogens is 234 g/mol. The molecule has 94 valence electrons. The van der Waals surface area contributed by atoms with Crippen molar-refractivity contribution in [2.24, 2.45) is 0 Å². The van der Waals surface area contributed by atoms with E-state index in [4.69, 9.17) is 0 Å². The quantitative estimate of drug-likeness (QED) is 0.776. The second-order valence-electron chi connectivity index (χ2n) is 5.48. The molecule has 2 aliphatic rings. The second-order valence-corrected chi connectivity index (χ2v) is 5.48. The SMILES string of the molecule is O=C1CCc2cc(C3CCc4cccnc43)ccc21. The molecule has 1 heterocycles. The van der Waals surface area contributed by atoms with Crippen LogP contribution in [0.3, 0.4) is 0 Å². The van der Waals surface area contributed by atoms with E-state index in [1.54, 1.807) is 0 Å². The number of Topliss-reactive ketones (excluding diaryl/α,β-unsaturated/α-hetero) is 1. The van der Waals surface area contributed by atoms with Crippen LogP contribution in [0, 0.1) is 0 Å². The molecule has 4 rings (SSSR count). The number of nitrogens with zero attached hydrogens (tertiary/aromatic N) is 1. The number of aromatic nitrogens is 1. The molecule has 2 aromatic rings. The van der Waals surface area contributed by atoms with E-state index >= 15 is 0 Å². The minimum Gasteiger partial charge on any atom is -0.294 e. The molecule has 0 saturated heterocycles. The normalized spacial score (nSPS) is 20.4. The van der Waals surface area contributed by atoms with Crippen molar-refractivity contribution in [1.29, 1.82) is 0 Å². The highest BCUT2D eigenvalue weighted by molar-refractivity contribution is 6.00. The van der Waals surface area contributed by atoms with Gasteiger partial charge in [-0.1, -0.05) is 24.3 Å². The van der Waals surface area contributed by atoms with Crippen LogP contribution in [0.15, 0.2) is 36.5 Å². The standard InChI is InChI=1S/C17H15NO/c19-16-8-5-12-10-13(4-6-14(12)16)15-7-3-11-2-1-9-18-17(11)15/h1-2,4,6,9-10,15H,3,5,7-8H2. The number of ketones is 1. The molecule has 0 spiro atoms. The number of aryl methyl sites for hydroxylation is 2. The highest BCUT2D eigenvalue weighted by Crippen LogP contribution is 2.37. The monoisotopic (exact) mass is 249 g/mol. The van der Waals surface area contributed by atoms with Gasteiger partial charge in [-0.3, -0.25) is 9.78 Å². The van der Waals surface area contributed by atoms with Gasteiger partial charge in [0.15, 0.2) is 5.78 Å². The Morgan fingerprint density at radius 1 is 1.05 bits per heavy atom. The third kappa shape index (κ3) is 1.63. The first-order valence-corrected chi connectivity index (χ1v) is 6.93. The van der Waals surface area contributed by atoms with Crippen molar-refractivity contribution in [2.45, 2.75) is 31.6 Å². The lowest BCUT2D eigenvalue weighted by atomic mass is 9.93. The van der Waals surface area contributed by atoms with Crippen LogP contribution < -0.4 is 0 Å². The van der Waals surface area contributed by atoms with Crippen LogP contribution in [-0.2, 0) is 12.8 Å². The molecule has 2 nitrogen and oxygen atoms in total. The molecule has 0 N–H and O–H groups in total. The van der Waals surface area contributed by atoms with Gasteiger partial charge < -0.3 is 0 Å². The van der Waals surface area contributed by atoms with Crippen molar-refractivity contribution < 1.29 is 4.79 Å². The smallest absolute Gasteiger partial charge is 0.163 e. The predicted molar refractivity (Wildman–Crippen MR) is 73.5 cm³/mol. The van der Waals surface area contributed by atoms with E-state index in [9.17, 15) is 4.79 Å². The Morgan fingerprint density at radius 3 is 2.95 bits per heavy atom. The zero-order valence-electron chi connectivity index (χ0n) is 10.7. The maximum Gasteiger partial charge on any atom is 0.163 e. The van der Waals surface area contributed by atoms with Crippen molar-refractivity contribution in [1.82, 2.24) is 4.98 Å². The summed E-state index contributed by atoms with van der Waals surface area (Å²) < 4.78 is 0. The molecule has 1 aromatic heterocycles. The van der Waals surface area contributed by atoms with Crippen LogP contribution >= 0.6 is 0 Å². The van der Waals surface area contributed by atoms with E-state index in [1.165, 1.54) is 22.4 Å². The van der Waals surface area contributed by atoms with Crippen LogP contribution in [0.4, 0.5) is 0 Å². The predicted octanol–water partition coefficient (Wildman–Crippen LogP) is 3.29. The van der Waals surface area contributed by atoms with Crippen molar-refractivity contribution in [3.63, 3.8) is 0 Å². The van der Waals surface area contributed by atoms with Gasteiger partial charge in [0.1, 0.15) is 0 Å². The molecule has 2 heteroatoms. The topological polar surface area (TPSA) is 30.0 Å². The third-order valence-electron chi connectivity index (χ3n) is 4.41. The number of pyridine rings is 1. The number of hydrogen-bond acceptors (Lipinski definition) is 2. The summed E-state index contributed by atoms with van der Waals surface area (Å²) in [7, 11) is 0. The van der Waals surface area contributed by atoms with E-state index in [-0.39, 0.29) is 0 Å². The number of benzene rings is 1. The Labute approximate surface area is 112 Å². The first kappa shape index (κ1) is 10.9. The van der Waals surface area contributed by atoms with Crippen molar-refractivity contribution in [2.75, 3.05) is 0 Å². The molecular formula is C17H15NO. The summed E-state index contributed by atoms with van der Waals surface area (Å²) in [6, 6.07) is 10.6. The molecule has 0 amide bonds. The maximum atomic E-state index is 11.7. The Kier molecular flexibility index (Phi) is 2.31. The van der Waals surface area contributed by atoms with Gasteiger partial charge in [0, 0.05) is 24.1 Å². The highest BCUT2D eigenvalue weighted by atomic mass is 16.1. The van der Waals surface area contributed by atoms with Gasteiger partial charge in [-0.15, -0.1) is 0 Å². The van der Waals surface area contributed by atoms with Crippen molar-refractivity contribution in [3.05, 3.63) is 64.5 Å². The Bertz CT molecular complexity index is 675. The lowest BCUT2D eigenvalue weighted by Crippen LogP contribution is -2.00. The number of carbonyl (C=O) groups is 1. The van der Waals surface area contributed by atoms with Crippen LogP contribution in [0.1, 0.15) is 51.5 Å². The van der Waals surface area contributed by atoms with Crippen LogP contribution in [0.2, 0.25) is 0 Å². The van der Waals surface area contributed by atoms with E-state index in [2.05, 4.69) is 23.2 Å². The van der Waals surface area contributed by atoms with Crippen molar-refractivity contribution in [3.8, 4) is 0 Å². The Balaban J connectivity index is 1.77. The number of rotatable bonds is 1. The van der Waals surface area contributed by atoms with E-state index in [1.807, 2.05) is 18.3 Å². The van der Waals surface area contributed by atoms with Crippen LogP contribution in [-0.4, -0.2) is 10.8 Å². The summed E-state index contributed by atoms with van der Waals surface area (Å²) in [5, 5.41) is 0. The summed E-state index contributed by atoms with van der Waals surface area (Å²) in [5.74, 6) is 0.712. The lowest BCUT2D eigenvalue weighted by molar-refractivity contribution is 0.0994. The average Bonchev–Trinajstić information content (AvgIpc) is 3.03. The van der Waals surface area contributed by atoms with Gasteiger partial charge >= 0.3 is 0 Å². The third-order valence-corrected chi connectivity index (χ3v) is 4.41. The van der Waals surface area contributed by atoms with Gasteiger partial charge in [0.2, 0.25) is 0 Å². The molecule has 0 saturated carbocycles. The number of fused-ring (bicyclic) bond motifs is 2. The van der Waals surface area contributed by atoms with Crippen LogP contribution in [0.5, 0.6) is 0 Å². The summed E-state index contributed by atoms with van der Waals surface area (Å²) in [4.78, 5) is 16.2. The summed E-state index contributed by atoms with van der Waals surface area (Å²) in [5.41, 5.74) is 6.09. The fourth-order valence-corrected chi connectivity index (χ4v) is 3.43. The fraction of sp³-hybridized carbons (Fsp3) is 0.294. The summed E-state index contributed by atoms with van der Waals surface area (Å²) >= 11 is 0. The van der Waals surface area contributed by atoms with E-state index in [0.717, 1.165) is 24.8 Å². The first-order valence-electron chi connectivity index (χ1n) is 6.93. The summed E-state index contributed by atoms with van der Waals surface area (Å²) in [6.45, 7) is 0. The Morgan fingerprint density at radius 2 is 2.00 bits per heavy atom. The van der Waals surface area contributed by atoms with Gasteiger partial charge in [-0.25, -0.2) is 0 Å². The summed E-state index contributed by atoms with van der Waals surface area (Å²) in [6.07, 6.45) is 5.72. The largest absolute Gasteiger partial charge is 0.294 e. The lowest BCUT2D eigenvalue weighted by Gasteiger charge is -2.12. The minimum absolute atomic E-state index is 0.298. The fourth-order valence-electron chi connectivity index (χ4n) is 3.43.